The minimum Gasteiger partial charge on any atom is -0.340 e. The van der Waals surface area contributed by atoms with E-state index in [4.69, 9.17) is 0 Å². The Hall–Kier alpha value is -1.06. The molecule has 2 aliphatic rings. The molecule has 4 nitrogen and oxygen atoms in total. The minimum atomic E-state index is -0.722. The van der Waals surface area contributed by atoms with Crippen LogP contribution in [0.4, 0.5) is 0 Å². The van der Waals surface area contributed by atoms with Crippen LogP contribution in [-0.4, -0.2) is 34.3 Å². The molecule has 1 aliphatic carbocycles. The van der Waals surface area contributed by atoms with Gasteiger partial charge in [-0.3, -0.25) is 9.59 Å². The summed E-state index contributed by atoms with van der Waals surface area (Å²) in [5, 5.41) is 2.96. The molecule has 2 amide bonds. The van der Waals surface area contributed by atoms with E-state index in [-0.39, 0.29) is 29.8 Å². The van der Waals surface area contributed by atoms with Gasteiger partial charge >= 0.3 is 0 Å². The second kappa shape index (κ2) is 5.74. The van der Waals surface area contributed by atoms with E-state index in [1.807, 2.05) is 32.6 Å². The number of hydrogen-bond donors (Lipinski definition) is 1. The highest BCUT2D eigenvalue weighted by Crippen LogP contribution is 2.32. The molecular formula is C16H28N2O2. The van der Waals surface area contributed by atoms with Crippen LogP contribution in [0.2, 0.25) is 0 Å². The summed E-state index contributed by atoms with van der Waals surface area (Å²) in [7, 11) is 0. The molecule has 1 N–H and O–H groups in total. The summed E-state index contributed by atoms with van der Waals surface area (Å²) in [6, 6.07) is -0.0502. The van der Waals surface area contributed by atoms with Crippen LogP contribution in [-0.2, 0) is 9.59 Å². The standard InChI is InChI=1S/C16H28N2O2/c1-5-16(4)15(20)18(12-9-7-6-8-10-12)13(11(2)3)14(19)17-16/h11-13H,5-10H2,1-4H3,(H,17,19). The zero-order chi connectivity index (χ0) is 14.9. The molecule has 0 bridgehead atoms. The molecule has 2 rings (SSSR count). The van der Waals surface area contributed by atoms with E-state index >= 15 is 0 Å². The third kappa shape index (κ3) is 2.57. The summed E-state index contributed by atoms with van der Waals surface area (Å²) in [4.78, 5) is 27.4. The van der Waals surface area contributed by atoms with Crippen molar-refractivity contribution in [3.05, 3.63) is 0 Å². The largest absolute Gasteiger partial charge is 0.340 e. The quantitative estimate of drug-likeness (QED) is 0.863. The summed E-state index contributed by atoms with van der Waals surface area (Å²) in [5.74, 6) is 0.294. The molecule has 4 heteroatoms. The second-order valence-electron chi connectivity index (χ2n) is 6.87. The molecule has 1 heterocycles. The van der Waals surface area contributed by atoms with E-state index in [2.05, 4.69) is 5.32 Å². The fourth-order valence-corrected chi connectivity index (χ4v) is 3.55. The Bertz CT molecular complexity index is 388. The molecule has 0 radical (unpaired) electrons. The fourth-order valence-electron chi connectivity index (χ4n) is 3.55. The lowest BCUT2D eigenvalue weighted by Crippen LogP contribution is -2.72. The van der Waals surface area contributed by atoms with E-state index in [1.165, 1.54) is 19.3 Å². The Labute approximate surface area is 122 Å². The molecule has 2 unspecified atom stereocenters. The van der Waals surface area contributed by atoms with Crippen LogP contribution in [0.25, 0.3) is 0 Å². The maximum atomic E-state index is 12.9. The Kier molecular flexibility index (Phi) is 4.40. The van der Waals surface area contributed by atoms with Crippen LogP contribution < -0.4 is 5.32 Å². The van der Waals surface area contributed by atoms with Crippen molar-refractivity contribution in [3.63, 3.8) is 0 Å². The number of carbonyl (C=O) groups excluding carboxylic acids is 2. The van der Waals surface area contributed by atoms with Gasteiger partial charge in [-0.05, 0) is 32.1 Å². The zero-order valence-corrected chi connectivity index (χ0v) is 13.2. The van der Waals surface area contributed by atoms with Gasteiger partial charge in [0.05, 0.1) is 0 Å². The monoisotopic (exact) mass is 280 g/mol. The SMILES string of the molecule is CCC1(C)NC(=O)C(C(C)C)N(C2CCCCC2)C1=O. The molecule has 1 aliphatic heterocycles. The first-order chi connectivity index (χ1) is 9.40. The number of amides is 2. The molecule has 0 spiro atoms. The lowest BCUT2D eigenvalue weighted by molar-refractivity contribution is -0.160. The summed E-state index contributed by atoms with van der Waals surface area (Å²) in [5.41, 5.74) is -0.722. The number of carbonyl (C=O) groups is 2. The smallest absolute Gasteiger partial charge is 0.248 e. The number of nitrogens with zero attached hydrogens (tertiary/aromatic N) is 1. The first kappa shape index (κ1) is 15.3. The Morgan fingerprint density at radius 1 is 1.25 bits per heavy atom. The summed E-state index contributed by atoms with van der Waals surface area (Å²) in [6.45, 7) is 7.89. The van der Waals surface area contributed by atoms with E-state index in [0.717, 1.165) is 12.8 Å². The van der Waals surface area contributed by atoms with Gasteiger partial charge in [-0.25, -0.2) is 0 Å². The van der Waals surface area contributed by atoms with Crippen molar-refractivity contribution in [1.82, 2.24) is 10.2 Å². The van der Waals surface area contributed by atoms with Crippen molar-refractivity contribution in [2.75, 3.05) is 0 Å². The topological polar surface area (TPSA) is 49.4 Å². The van der Waals surface area contributed by atoms with Crippen LogP contribution in [0, 0.1) is 5.92 Å². The predicted molar refractivity (Wildman–Crippen MR) is 79.2 cm³/mol. The highest BCUT2D eigenvalue weighted by Gasteiger charge is 2.50. The van der Waals surface area contributed by atoms with Crippen LogP contribution in [0.1, 0.15) is 66.2 Å². The van der Waals surface area contributed by atoms with Crippen molar-refractivity contribution < 1.29 is 9.59 Å². The normalized spacial score (nSPS) is 32.6. The van der Waals surface area contributed by atoms with Crippen LogP contribution in [0.5, 0.6) is 0 Å². The molecule has 0 aromatic rings. The average Bonchev–Trinajstić information content (AvgIpc) is 2.43. The Morgan fingerprint density at radius 3 is 2.35 bits per heavy atom. The first-order valence-electron chi connectivity index (χ1n) is 8.05. The number of piperazine rings is 1. The number of rotatable bonds is 3. The maximum Gasteiger partial charge on any atom is 0.248 e. The summed E-state index contributed by atoms with van der Waals surface area (Å²) < 4.78 is 0. The van der Waals surface area contributed by atoms with E-state index in [1.54, 1.807) is 0 Å². The third-order valence-electron chi connectivity index (χ3n) is 4.98. The molecule has 1 saturated heterocycles. The molecule has 0 aromatic carbocycles. The van der Waals surface area contributed by atoms with Crippen molar-refractivity contribution in [3.8, 4) is 0 Å². The minimum absolute atomic E-state index is 0.0227. The van der Waals surface area contributed by atoms with Gasteiger partial charge < -0.3 is 10.2 Å². The van der Waals surface area contributed by atoms with Crippen LogP contribution in [0.3, 0.4) is 0 Å². The fraction of sp³-hybridized carbons (Fsp3) is 0.875. The highest BCUT2D eigenvalue weighted by atomic mass is 16.2. The van der Waals surface area contributed by atoms with Crippen molar-refractivity contribution in [2.24, 2.45) is 5.92 Å². The molecule has 0 aromatic heterocycles. The van der Waals surface area contributed by atoms with Gasteiger partial charge in [0, 0.05) is 6.04 Å². The molecule has 2 fully saturated rings. The lowest BCUT2D eigenvalue weighted by Gasteiger charge is -2.49. The van der Waals surface area contributed by atoms with Gasteiger partial charge in [-0.2, -0.15) is 0 Å². The van der Waals surface area contributed by atoms with Crippen molar-refractivity contribution in [1.29, 1.82) is 0 Å². The van der Waals surface area contributed by atoms with Crippen molar-refractivity contribution >= 4 is 11.8 Å². The Balaban J connectivity index is 2.33. The number of nitrogens with one attached hydrogen (secondary N) is 1. The maximum absolute atomic E-state index is 12.9. The predicted octanol–water partition coefficient (Wildman–Crippen LogP) is 2.47. The average molecular weight is 280 g/mol. The van der Waals surface area contributed by atoms with Gasteiger partial charge in [0.2, 0.25) is 11.8 Å². The van der Waals surface area contributed by atoms with Gasteiger partial charge in [-0.1, -0.05) is 40.0 Å². The van der Waals surface area contributed by atoms with E-state index in [0.29, 0.717) is 6.42 Å². The lowest BCUT2D eigenvalue weighted by atomic mass is 9.84. The molecule has 2 atom stereocenters. The van der Waals surface area contributed by atoms with E-state index < -0.39 is 5.54 Å². The summed E-state index contributed by atoms with van der Waals surface area (Å²) in [6.07, 6.45) is 6.32. The first-order valence-corrected chi connectivity index (χ1v) is 8.05. The number of hydrogen-bond acceptors (Lipinski definition) is 2. The molecule has 114 valence electrons. The molecular weight excluding hydrogens is 252 g/mol. The van der Waals surface area contributed by atoms with Gasteiger partial charge in [0.25, 0.3) is 0 Å². The van der Waals surface area contributed by atoms with Crippen LogP contribution >= 0.6 is 0 Å². The third-order valence-corrected chi connectivity index (χ3v) is 4.98. The highest BCUT2D eigenvalue weighted by molar-refractivity contribution is 5.99. The second-order valence-corrected chi connectivity index (χ2v) is 6.87. The van der Waals surface area contributed by atoms with Gasteiger partial charge in [0.15, 0.2) is 0 Å². The summed E-state index contributed by atoms with van der Waals surface area (Å²) >= 11 is 0. The Morgan fingerprint density at radius 2 is 1.85 bits per heavy atom. The van der Waals surface area contributed by atoms with Gasteiger partial charge in [0.1, 0.15) is 11.6 Å². The van der Waals surface area contributed by atoms with Gasteiger partial charge in [-0.15, -0.1) is 0 Å². The van der Waals surface area contributed by atoms with Crippen molar-refractivity contribution in [2.45, 2.75) is 83.8 Å². The van der Waals surface area contributed by atoms with E-state index in [9.17, 15) is 9.59 Å². The van der Waals surface area contributed by atoms with Crippen LogP contribution in [0.15, 0.2) is 0 Å². The molecule has 1 saturated carbocycles. The molecule has 20 heavy (non-hydrogen) atoms. The zero-order valence-electron chi connectivity index (χ0n) is 13.2.